The van der Waals surface area contributed by atoms with Crippen LogP contribution in [0.4, 0.5) is 8.78 Å². The third-order valence-electron chi connectivity index (χ3n) is 4.63. The number of rotatable bonds is 8. The third kappa shape index (κ3) is 4.52. The molecule has 1 aromatic carbocycles. The Morgan fingerprint density at radius 1 is 1.38 bits per heavy atom. The third-order valence-corrected chi connectivity index (χ3v) is 4.63. The number of benzene rings is 1. The lowest BCUT2D eigenvalue weighted by Crippen LogP contribution is -2.30. The Kier molecular flexibility index (Phi) is 6.08. The monoisotopic (exact) mass is 365 g/mol. The number of hydrogen-bond donors (Lipinski definition) is 0. The molecule has 0 bridgehead atoms. The molecule has 0 fully saturated rings. The maximum atomic E-state index is 12.8. The van der Waals surface area contributed by atoms with Gasteiger partial charge in [0.2, 0.25) is 0 Å². The zero-order valence-corrected chi connectivity index (χ0v) is 15.2. The summed E-state index contributed by atoms with van der Waals surface area (Å²) in [7, 11) is 2.00. The molecular formula is C19H25F2N3O2. The normalized spacial score (nSPS) is 16.8. The summed E-state index contributed by atoms with van der Waals surface area (Å²) in [5.74, 6) is 2.12. The summed E-state index contributed by atoms with van der Waals surface area (Å²) >= 11 is 0. The molecule has 1 atom stereocenters. The van der Waals surface area contributed by atoms with Gasteiger partial charge in [-0.2, -0.15) is 8.78 Å². The first-order valence-corrected chi connectivity index (χ1v) is 8.94. The number of para-hydroxylation sites is 1. The Hall–Kier alpha value is -2.15. The van der Waals surface area contributed by atoms with E-state index >= 15 is 0 Å². The number of aromatic nitrogens is 2. The summed E-state index contributed by atoms with van der Waals surface area (Å²) < 4.78 is 38.1. The van der Waals surface area contributed by atoms with Gasteiger partial charge in [0.05, 0.1) is 6.61 Å². The van der Waals surface area contributed by atoms with Crippen molar-refractivity contribution < 1.29 is 18.3 Å². The number of aryl methyl sites for hydroxylation is 1. The standard InChI is InChI=1S/C19H25F2N3O2/c1-3-25-16-6-4-5-15(18(16)26-19(20)21)13-23(2)12-14-7-9-24-10-8-22-17(24)11-14/h4-6,8,10,14,19H,3,7,9,11-13H2,1-2H3. The van der Waals surface area contributed by atoms with Crippen molar-refractivity contribution in [2.24, 2.45) is 5.92 Å². The lowest BCUT2D eigenvalue weighted by atomic mass is 9.97. The molecule has 0 N–H and O–H groups in total. The number of alkyl halides is 2. The fourth-order valence-electron chi connectivity index (χ4n) is 3.55. The van der Waals surface area contributed by atoms with Gasteiger partial charge in [-0.25, -0.2) is 4.98 Å². The Balaban J connectivity index is 1.67. The summed E-state index contributed by atoms with van der Waals surface area (Å²) in [4.78, 5) is 6.55. The minimum absolute atomic E-state index is 0.135. The van der Waals surface area contributed by atoms with Gasteiger partial charge in [0.15, 0.2) is 11.5 Å². The van der Waals surface area contributed by atoms with Crippen LogP contribution < -0.4 is 9.47 Å². The molecule has 2 aromatic rings. The highest BCUT2D eigenvalue weighted by atomic mass is 19.3. The molecule has 1 unspecified atom stereocenters. The van der Waals surface area contributed by atoms with Crippen LogP contribution in [0, 0.1) is 5.92 Å². The molecule has 0 amide bonds. The van der Waals surface area contributed by atoms with Crippen molar-refractivity contribution in [2.45, 2.75) is 39.5 Å². The first-order valence-electron chi connectivity index (χ1n) is 8.94. The molecule has 1 aliphatic heterocycles. The van der Waals surface area contributed by atoms with Gasteiger partial charge in [0.25, 0.3) is 0 Å². The van der Waals surface area contributed by atoms with E-state index in [9.17, 15) is 8.78 Å². The highest BCUT2D eigenvalue weighted by Crippen LogP contribution is 2.33. The van der Waals surface area contributed by atoms with Crippen LogP contribution in [0.1, 0.15) is 24.7 Å². The summed E-state index contributed by atoms with van der Waals surface area (Å²) in [6, 6.07) is 5.28. The zero-order chi connectivity index (χ0) is 18.5. The molecule has 1 aromatic heterocycles. The molecule has 0 radical (unpaired) electrons. The number of fused-ring (bicyclic) bond motifs is 1. The lowest BCUT2D eigenvalue weighted by Gasteiger charge is -2.28. The van der Waals surface area contributed by atoms with E-state index in [0.717, 1.165) is 31.8 Å². The Morgan fingerprint density at radius 3 is 3.00 bits per heavy atom. The average Bonchev–Trinajstić information content (AvgIpc) is 3.05. The number of halogens is 2. The molecular weight excluding hydrogens is 340 g/mol. The number of nitrogens with zero attached hydrogens (tertiary/aromatic N) is 3. The highest BCUT2D eigenvalue weighted by molar-refractivity contribution is 5.46. The van der Waals surface area contributed by atoms with E-state index < -0.39 is 6.61 Å². The molecule has 1 aliphatic rings. The number of ether oxygens (including phenoxy) is 2. The van der Waals surface area contributed by atoms with E-state index in [1.165, 1.54) is 0 Å². The summed E-state index contributed by atoms with van der Waals surface area (Å²) in [5, 5.41) is 0. The van der Waals surface area contributed by atoms with Gasteiger partial charge >= 0.3 is 6.61 Å². The molecule has 3 rings (SSSR count). The van der Waals surface area contributed by atoms with E-state index in [4.69, 9.17) is 9.47 Å². The highest BCUT2D eigenvalue weighted by Gasteiger charge is 2.22. The van der Waals surface area contributed by atoms with Crippen LogP contribution in [0.3, 0.4) is 0 Å². The van der Waals surface area contributed by atoms with Crippen molar-refractivity contribution in [1.82, 2.24) is 14.5 Å². The van der Waals surface area contributed by atoms with Crippen LogP contribution in [0.25, 0.3) is 0 Å². The number of imidazole rings is 1. The van der Waals surface area contributed by atoms with Crippen LogP contribution in [0.5, 0.6) is 11.5 Å². The minimum atomic E-state index is -2.88. The largest absolute Gasteiger partial charge is 0.490 e. The van der Waals surface area contributed by atoms with Gasteiger partial charge < -0.3 is 18.9 Å². The van der Waals surface area contributed by atoms with Gasteiger partial charge in [0, 0.05) is 44.0 Å². The van der Waals surface area contributed by atoms with Crippen molar-refractivity contribution in [3.63, 3.8) is 0 Å². The zero-order valence-electron chi connectivity index (χ0n) is 15.2. The minimum Gasteiger partial charge on any atom is -0.490 e. The topological polar surface area (TPSA) is 39.5 Å². The summed E-state index contributed by atoms with van der Waals surface area (Å²) in [6.45, 7) is 1.71. The van der Waals surface area contributed by atoms with Gasteiger partial charge in [-0.05, 0) is 32.4 Å². The molecule has 26 heavy (non-hydrogen) atoms. The maximum Gasteiger partial charge on any atom is 0.387 e. The molecule has 0 spiro atoms. The second-order valence-electron chi connectivity index (χ2n) is 6.65. The van der Waals surface area contributed by atoms with Gasteiger partial charge in [-0.1, -0.05) is 12.1 Å². The van der Waals surface area contributed by atoms with Crippen molar-refractivity contribution >= 4 is 0 Å². The van der Waals surface area contributed by atoms with Gasteiger partial charge in [-0.3, -0.25) is 0 Å². The second-order valence-corrected chi connectivity index (χ2v) is 6.65. The fourth-order valence-corrected chi connectivity index (χ4v) is 3.55. The van der Waals surface area contributed by atoms with Crippen LogP contribution in [-0.2, 0) is 19.5 Å². The predicted octanol–water partition coefficient (Wildman–Crippen LogP) is 3.58. The molecule has 0 aliphatic carbocycles. The molecule has 2 heterocycles. The molecule has 0 saturated carbocycles. The van der Waals surface area contributed by atoms with Crippen LogP contribution in [-0.4, -0.2) is 41.3 Å². The van der Waals surface area contributed by atoms with E-state index in [2.05, 4.69) is 14.5 Å². The predicted molar refractivity (Wildman–Crippen MR) is 94.6 cm³/mol. The quantitative estimate of drug-likeness (QED) is 0.717. The van der Waals surface area contributed by atoms with E-state index in [1.807, 2.05) is 38.5 Å². The first kappa shape index (κ1) is 18.6. The smallest absolute Gasteiger partial charge is 0.387 e. The Morgan fingerprint density at radius 2 is 2.23 bits per heavy atom. The SMILES string of the molecule is CCOc1cccc(CN(C)CC2CCn3ccnc3C2)c1OC(F)F. The van der Waals surface area contributed by atoms with Crippen molar-refractivity contribution in [1.29, 1.82) is 0 Å². The maximum absolute atomic E-state index is 12.8. The van der Waals surface area contributed by atoms with Crippen LogP contribution in [0.2, 0.25) is 0 Å². The molecule has 0 saturated heterocycles. The van der Waals surface area contributed by atoms with Crippen molar-refractivity contribution in [3.8, 4) is 11.5 Å². The molecule has 142 valence electrons. The van der Waals surface area contributed by atoms with E-state index in [1.54, 1.807) is 6.07 Å². The van der Waals surface area contributed by atoms with Crippen LogP contribution >= 0.6 is 0 Å². The Bertz CT molecular complexity index is 721. The Labute approximate surface area is 152 Å². The molecule has 5 nitrogen and oxygen atoms in total. The average molecular weight is 365 g/mol. The van der Waals surface area contributed by atoms with Crippen molar-refractivity contribution in [3.05, 3.63) is 42.0 Å². The molecule has 7 heteroatoms. The second kappa shape index (κ2) is 8.49. The fraction of sp³-hybridized carbons (Fsp3) is 0.526. The summed E-state index contributed by atoms with van der Waals surface area (Å²) in [6.07, 6.45) is 5.89. The van der Waals surface area contributed by atoms with Gasteiger partial charge in [0.1, 0.15) is 5.82 Å². The number of hydrogen-bond acceptors (Lipinski definition) is 4. The van der Waals surface area contributed by atoms with Crippen molar-refractivity contribution in [2.75, 3.05) is 20.2 Å². The van der Waals surface area contributed by atoms with Gasteiger partial charge in [-0.15, -0.1) is 0 Å². The first-order chi connectivity index (χ1) is 12.6. The van der Waals surface area contributed by atoms with E-state index in [-0.39, 0.29) is 5.75 Å². The van der Waals surface area contributed by atoms with Crippen LogP contribution in [0.15, 0.2) is 30.6 Å². The summed E-state index contributed by atoms with van der Waals surface area (Å²) in [5.41, 5.74) is 0.705. The van der Waals surface area contributed by atoms with E-state index in [0.29, 0.717) is 30.4 Å². The lowest BCUT2D eigenvalue weighted by molar-refractivity contribution is -0.0523.